The van der Waals surface area contributed by atoms with Gasteiger partial charge in [-0.25, -0.2) is 9.37 Å². The van der Waals surface area contributed by atoms with Crippen molar-refractivity contribution in [3.8, 4) is 5.75 Å². The Kier molecular flexibility index (Phi) is 7.40. The first kappa shape index (κ1) is 23.5. The van der Waals surface area contributed by atoms with Gasteiger partial charge in [-0.3, -0.25) is 4.90 Å². The number of piperazine rings is 1. The van der Waals surface area contributed by atoms with Crippen LogP contribution in [0.1, 0.15) is 23.4 Å². The maximum Gasteiger partial charge on any atom is 0.124 e. The molecule has 0 bridgehead atoms. The molecule has 5 nitrogen and oxygen atoms in total. The van der Waals surface area contributed by atoms with Crippen LogP contribution >= 0.6 is 0 Å². The van der Waals surface area contributed by atoms with Crippen LogP contribution in [0.3, 0.4) is 0 Å². The van der Waals surface area contributed by atoms with Gasteiger partial charge in [-0.05, 0) is 66.9 Å². The predicted octanol–water partition coefficient (Wildman–Crippen LogP) is 4.98. The van der Waals surface area contributed by atoms with Crippen molar-refractivity contribution in [1.82, 2.24) is 19.4 Å². The highest BCUT2D eigenvalue weighted by molar-refractivity contribution is 5.76. The summed E-state index contributed by atoms with van der Waals surface area (Å²) in [6.45, 7) is 6.91. The molecule has 3 aromatic carbocycles. The van der Waals surface area contributed by atoms with Gasteiger partial charge in [-0.15, -0.1) is 0 Å². The van der Waals surface area contributed by atoms with E-state index in [1.54, 1.807) is 7.11 Å². The van der Waals surface area contributed by atoms with E-state index in [9.17, 15) is 4.39 Å². The van der Waals surface area contributed by atoms with Crippen molar-refractivity contribution >= 4 is 11.0 Å². The van der Waals surface area contributed by atoms with Crippen LogP contribution in [0.4, 0.5) is 4.39 Å². The summed E-state index contributed by atoms with van der Waals surface area (Å²) < 4.78 is 20.9. The average Bonchev–Trinajstić information content (AvgIpc) is 3.23. The maximum absolute atomic E-state index is 13.4. The molecule has 35 heavy (non-hydrogen) atoms. The molecule has 1 saturated heterocycles. The number of ether oxygens (including phenoxy) is 1. The number of benzene rings is 3. The maximum atomic E-state index is 13.4. The molecule has 6 heteroatoms. The number of imidazole rings is 1. The van der Waals surface area contributed by atoms with Crippen LogP contribution in [-0.4, -0.2) is 59.2 Å². The van der Waals surface area contributed by atoms with E-state index in [2.05, 4.69) is 44.7 Å². The fourth-order valence-corrected chi connectivity index (χ4v) is 4.86. The van der Waals surface area contributed by atoms with Gasteiger partial charge in [0, 0.05) is 32.7 Å². The van der Waals surface area contributed by atoms with E-state index in [-0.39, 0.29) is 5.82 Å². The Balaban J connectivity index is 1.17. The molecule has 0 aliphatic carbocycles. The molecule has 0 unspecified atom stereocenters. The van der Waals surface area contributed by atoms with Crippen LogP contribution in [0.2, 0.25) is 0 Å². The fraction of sp³-hybridized carbons (Fsp3) is 0.345. The molecule has 0 spiro atoms. The van der Waals surface area contributed by atoms with Crippen LogP contribution in [0, 0.1) is 5.82 Å². The van der Waals surface area contributed by atoms with E-state index in [0.717, 1.165) is 73.9 Å². The predicted molar refractivity (Wildman–Crippen MR) is 138 cm³/mol. The van der Waals surface area contributed by atoms with Crippen LogP contribution in [0.5, 0.6) is 5.75 Å². The molecule has 5 rings (SSSR count). The number of hydrogen-bond donors (Lipinski definition) is 0. The third-order valence-corrected chi connectivity index (χ3v) is 6.92. The lowest BCUT2D eigenvalue weighted by Gasteiger charge is -2.34. The Bertz CT molecular complexity index is 1230. The van der Waals surface area contributed by atoms with Gasteiger partial charge in [0.2, 0.25) is 0 Å². The summed E-state index contributed by atoms with van der Waals surface area (Å²) in [7, 11) is 1.70. The summed E-state index contributed by atoms with van der Waals surface area (Å²) in [4.78, 5) is 10.0. The minimum absolute atomic E-state index is 0.202. The number of nitrogens with zero attached hydrogens (tertiary/aromatic N) is 4. The highest BCUT2D eigenvalue weighted by atomic mass is 19.1. The zero-order valence-electron chi connectivity index (χ0n) is 20.4. The van der Waals surface area contributed by atoms with Crippen molar-refractivity contribution in [3.05, 3.63) is 95.6 Å². The summed E-state index contributed by atoms with van der Waals surface area (Å²) >= 11 is 0. The first-order chi connectivity index (χ1) is 17.2. The van der Waals surface area contributed by atoms with Crippen molar-refractivity contribution in [1.29, 1.82) is 0 Å². The highest BCUT2D eigenvalue weighted by Crippen LogP contribution is 2.20. The number of fused-ring (bicyclic) bond motifs is 1. The van der Waals surface area contributed by atoms with Crippen molar-refractivity contribution in [3.63, 3.8) is 0 Å². The number of methoxy groups -OCH3 is 1. The van der Waals surface area contributed by atoms with Crippen molar-refractivity contribution in [2.45, 2.75) is 25.9 Å². The van der Waals surface area contributed by atoms with E-state index in [0.29, 0.717) is 6.54 Å². The molecule has 182 valence electrons. The standard InChI is InChI=1S/C29H33FN4O/c1-35-26-14-10-23(11-15-26)5-4-16-32-17-19-33(20-18-32)22-29-31-27-6-2-3-7-28(27)34(29)21-24-8-12-25(30)13-9-24/h2-3,6-15H,4-5,16-22H2,1H3. The third kappa shape index (κ3) is 5.89. The molecular formula is C29H33FN4O. The largest absolute Gasteiger partial charge is 0.497 e. The van der Waals surface area contributed by atoms with Crippen LogP contribution < -0.4 is 4.74 Å². The Morgan fingerprint density at radius 3 is 2.23 bits per heavy atom. The Hall–Kier alpha value is -3.22. The number of para-hydroxylation sites is 2. The lowest BCUT2D eigenvalue weighted by atomic mass is 10.1. The summed E-state index contributed by atoms with van der Waals surface area (Å²) in [5, 5.41) is 0. The Morgan fingerprint density at radius 2 is 1.49 bits per heavy atom. The zero-order valence-corrected chi connectivity index (χ0v) is 20.4. The second-order valence-electron chi connectivity index (χ2n) is 9.30. The first-order valence-electron chi connectivity index (χ1n) is 12.4. The topological polar surface area (TPSA) is 33.5 Å². The lowest BCUT2D eigenvalue weighted by Crippen LogP contribution is -2.46. The van der Waals surface area contributed by atoms with Crippen LogP contribution in [-0.2, 0) is 19.5 Å². The zero-order chi connectivity index (χ0) is 24.0. The number of aryl methyl sites for hydroxylation is 1. The normalized spacial score (nSPS) is 15.0. The molecule has 0 amide bonds. The number of rotatable bonds is 9. The van der Waals surface area contributed by atoms with Gasteiger partial charge < -0.3 is 14.2 Å². The summed E-state index contributed by atoms with van der Waals surface area (Å²) in [6.07, 6.45) is 2.26. The number of aromatic nitrogens is 2. The van der Waals surface area contributed by atoms with Gasteiger partial charge in [0.05, 0.1) is 24.7 Å². The molecule has 1 aliphatic rings. The average molecular weight is 473 g/mol. The minimum atomic E-state index is -0.202. The molecule has 1 aromatic heterocycles. The molecule has 4 aromatic rings. The van der Waals surface area contributed by atoms with Gasteiger partial charge in [0.25, 0.3) is 0 Å². The molecular weight excluding hydrogens is 439 g/mol. The van der Waals surface area contributed by atoms with Gasteiger partial charge in [0.1, 0.15) is 17.4 Å². The van der Waals surface area contributed by atoms with Gasteiger partial charge in [-0.2, -0.15) is 0 Å². The second-order valence-corrected chi connectivity index (χ2v) is 9.30. The molecule has 0 radical (unpaired) electrons. The monoisotopic (exact) mass is 472 g/mol. The Morgan fingerprint density at radius 1 is 0.800 bits per heavy atom. The molecule has 0 N–H and O–H groups in total. The Labute approximate surface area is 206 Å². The third-order valence-electron chi connectivity index (χ3n) is 6.92. The summed E-state index contributed by atoms with van der Waals surface area (Å²) in [6, 6.07) is 23.5. The van der Waals surface area contributed by atoms with E-state index < -0.39 is 0 Å². The molecule has 1 aliphatic heterocycles. The first-order valence-corrected chi connectivity index (χ1v) is 12.4. The number of halogens is 1. The SMILES string of the molecule is COc1ccc(CCCN2CCN(Cc3nc4ccccc4n3Cc3ccc(F)cc3)CC2)cc1. The molecule has 1 fully saturated rings. The minimum Gasteiger partial charge on any atom is -0.497 e. The van der Waals surface area contributed by atoms with Gasteiger partial charge in [-0.1, -0.05) is 36.4 Å². The van der Waals surface area contributed by atoms with Crippen molar-refractivity contribution in [2.75, 3.05) is 39.8 Å². The van der Waals surface area contributed by atoms with E-state index in [1.165, 1.54) is 24.1 Å². The second kappa shape index (κ2) is 11.0. The van der Waals surface area contributed by atoms with Crippen LogP contribution in [0.15, 0.2) is 72.8 Å². The number of hydrogen-bond acceptors (Lipinski definition) is 4. The van der Waals surface area contributed by atoms with Crippen molar-refractivity contribution < 1.29 is 9.13 Å². The molecule has 0 saturated carbocycles. The van der Waals surface area contributed by atoms with Crippen molar-refractivity contribution in [2.24, 2.45) is 0 Å². The summed E-state index contributed by atoms with van der Waals surface area (Å²) in [5.41, 5.74) is 4.59. The molecule has 2 heterocycles. The van der Waals surface area contributed by atoms with Gasteiger partial charge in [0.15, 0.2) is 0 Å². The highest BCUT2D eigenvalue weighted by Gasteiger charge is 2.20. The van der Waals surface area contributed by atoms with E-state index in [1.807, 2.05) is 30.3 Å². The lowest BCUT2D eigenvalue weighted by molar-refractivity contribution is 0.123. The fourth-order valence-electron chi connectivity index (χ4n) is 4.86. The van der Waals surface area contributed by atoms with E-state index in [4.69, 9.17) is 9.72 Å². The van der Waals surface area contributed by atoms with Crippen LogP contribution in [0.25, 0.3) is 11.0 Å². The smallest absolute Gasteiger partial charge is 0.124 e. The summed E-state index contributed by atoms with van der Waals surface area (Å²) in [5.74, 6) is 1.78. The van der Waals surface area contributed by atoms with Gasteiger partial charge >= 0.3 is 0 Å². The quantitative estimate of drug-likeness (QED) is 0.344. The molecule has 0 atom stereocenters. The van der Waals surface area contributed by atoms with E-state index >= 15 is 0 Å².